The molecule has 0 aliphatic carbocycles. The Morgan fingerprint density at radius 1 is 1.19 bits per heavy atom. The smallest absolute Gasteiger partial charge is 0.139 e. The number of halogens is 1. The summed E-state index contributed by atoms with van der Waals surface area (Å²) in [7, 11) is 1.65. The highest BCUT2D eigenvalue weighted by molar-refractivity contribution is 6.32. The van der Waals surface area contributed by atoms with Crippen LogP contribution < -0.4 is 15.0 Å². The lowest BCUT2D eigenvalue weighted by atomic mass is 10.0. The number of hydrogen-bond donors (Lipinski definition) is 1. The van der Waals surface area contributed by atoms with Gasteiger partial charge in [-0.05, 0) is 17.7 Å². The zero-order valence-electron chi connectivity index (χ0n) is 12.1. The minimum Gasteiger partial charge on any atom is -0.495 e. The lowest BCUT2D eigenvalue weighted by molar-refractivity contribution is 0.414. The molecule has 1 fully saturated rings. The fourth-order valence-corrected chi connectivity index (χ4v) is 3.01. The Balaban J connectivity index is 1.94. The van der Waals surface area contributed by atoms with Gasteiger partial charge in [0.15, 0.2) is 0 Å². The molecule has 2 aromatic rings. The largest absolute Gasteiger partial charge is 0.495 e. The van der Waals surface area contributed by atoms with Gasteiger partial charge in [0.2, 0.25) is 0 Å². The summed E-state index contributed by atoms with van der Waals surface area (Å²) in [6.07, 6.45) is 0. The van der Waals surface area contributed by atoms with E-state index >= 15 is 0 Å². The van der Waals surface area contributed by atoms with Crippen molar-refractivity contribution in [2.45, 2.75) is 6.04 Å². The average Bonchev–Trinajstić information content (AvgIpc) is 2.56. The van der Waals surface area contributed by atoms with Crippen LogP contribution in [-0.2, 0) is 0 Å². The first-order chi connectivity index (χ1) is 10.3. The molecular formula is C17H19ClN2O. The number of nitrogens with zero attached hydrogens (tertiary/aromatic N) is 1. The third-order valence-electron chi connectivity index (χ3n) is 3.89. The second-order valence-corrected chi connectivity index (χ2v) is 5.55. The summed E-state index contributed by atoms with van der Waals surface area (Å²) in [5.74, 6) is 0.722. The first kappa shape index (κ1) is 14.2. The highest BCUT2D eigenvalue weighted by Crippen LogP contribution is 2.34. The van der Waals surface area contributed by atoms with Crippen LogP contribution in [0.5, 0.6) is 5.75 Å². The van der Waals surface area contributed by atoms with Gasteiger partial charge in [0, 0.05) is 31.4 Å². The lowest BCUT2D eigenvalue weighted by Crippen LogP contribution is -2.46. The number of rotatable bonds is 3. The normalized spacial score (nSPS) is 18.6. The van der Waals surface area contributed by atoms with E-state index in [-0.39, 0.29) is 0 Å². The molecule has 0 saturated carbocycles. The van der Waals surface area contributed by atoms with Crippen molar-refractivity contribution in [2.75, 3.05) is 31.6 Å². The Labute approximate surface area is 130 Å². The van der Waals surface area contributed by atoms with Crippen molar-refractivity contribution in [2.24, 2.45) is 0 Å². The molecule has 1 aliphatic heterocycles. The number of anilines is 1. The van der Waals surface area contributed by atoms with Crippen molar-refractivity contribution in [1.29, 1.82) is 0 Å². The predicted octanol–water partition coefficient (Wildman–Crippen LogP) is 3.50. The van der Waals surface area contributed by atoms with E-state index in [1.807, 2.05) is 12.1 Å². The van der Waals surface area contributed by atoms with Gasteiger partial charge in [-0.3, -0.25) is 0 Å². The number of methoxy groups -OCH3 is 1. The monoisotopic (exact) mass is 302 g/mol. The topological polar surface area (TPSA) is 24.5 Å². The molecule has 0 aromatic heterocycles. The Morgan fingerprint density at radius 2 is 2.00 bits per heavy atom. The van der Waals surface area contributed by atoms with Crippen LogP contribution in [-0.4, -0.2) is 26.7 Å². The molecule has 4 heteroatoms. The summed E-state index contributed by atoms with van der Waals surface area (Å²) < 4.78 is 5.34. The van der Waals surface area contributed by atoms with Crippen LogP contribution >= 0.6 is 11.6 Å². The van der Waals surface area contributed by atoms with Gasteiger partial charge in [0.1, 0.15) is 5.75 Å². The average molecular weight is 303 g/mol. The molecule has 1 unspecified atom stereocenters. The molecule has 1 saturated heterocycles. The third-order valence-corrected chi connectivity index (χ3v) is 4.21. The Hall–Kier alpha value is -1.71. The SMILES string of the molecule is COc1cc(N2CCNCC2c2ccccc2)ccc1Cl. The minimum absolute atomic E-state index is 0.325. The summed E-state index contributed by atoms with van der Waals surface area (Å²) in [6, 6.07) is 16.9. The van der Waals surface area contributed by atoms with E-state index in [0.29, 0.717) is 11.1 Å². The molecule has 3 nitrogen and oxygen atoms in total. The Bertz CT molecular complexity index is 603. The van der Waals surface area contributed by atoms with Crippen molar-refractivity contribution in [3.8, 4) is 5.75 Å². The molecule has 21 heavy (non-hydrogen) atoms. The lowest BCUT2D eigenvalue weighted by Gasteiger charge is -2.38. The van der Waals surface area contributed by atoms with Gasteiger partial charge in [-0.15, -0.1) is 0 Å². The van der Waals surface area contributed by atoms with Gasteiger partial charge in [0.25, 0.3) is 0 Å². The molecule has 1 N–H and O–H groups in total. The zero-order chi connectivity index (χ0) is 14.7. The maximum Gasteiger partial charge on any atom is 0.139 e. The highest BCUT2D eigenvalue weighted by Gasteiger charge is 2.24. The van der Waals surface area contributed by atoms with Crippen LogP contribution in [0.4, 0.5) is 5.69 Å². The van der Waals surface area contributed by atoms with E-state index in [2.05, 4.69) is 46.6 Å². The van der Waals surface area contributed by atoms with Gasteiger partial charge in [-0.2, -0.15) is 0 Å². The van der Waals surface area contributed by atoms with Crippen molar-refractivity contribution in [3.05, 3.63) is 59.1 Å². The van der Waals surface area contributed by atoms with Crippen LogP contribution in [0.3, 0.4) is 0 Å². The first-order valence-corrected chi connectivity index (χ1v) is 7.53. The standard InChI is InChI=1S/C17H19ClN2O/c1-21-17-11-14(7-8-15(17)18)20-10-9-19-12-16(20)13-5-3-2-4-6-13/h2-8,11,16,19H,9-10,12H2,1H3. The summed E-state index contributed by atoms with van der Waals surface area (Å²) in [6.45, 7) is 2.88. The third kappa shape index (κ3) is 2.99. The van der Waals surface area contributed by atoms with Crippen molar-refractivity contribution < 1.29 is 4.74 Å². The maximum atomic E-state index is 6.13. The number of piperazine rings is 1. The summed E-state index contributed by atoms with van der Waals surface area (Å²) in [4.78, 5) is 2.41. The second kappa shape index (κ2) is 6.37. The molecule has 110 valence electrons. The molecule has 3 rings (SSSR count). The van der Waals surface area contributed by atoms with Gasteiger partial charge < -0.3 is 15.0 Å². The van der Waals surface area contributed by atoms with Crippen molar-refractivity contribution in [1.82, 2.24) is 5.32 Å². The zero-order valence-corrected chi connectivity index (χ0v) is 12.8. The van der Waals surface area contributed by atoms with E-state index in [4.69, 9.17) is 16.3 Å². The maximum absolute atomic E-state index is 6.13. The molecular weight excluding hydrogens is 284 g/mol. The predicted molar refractivity (Wildman–Crippen MR) is 87.4 cm³/mol. The van der Waals surface area contributed by atoms with E-state index in [1.165, 1.54) is 5.56 Å². The molecule has 0 amide bonds. The van der Waals surface area contributed by atoms with Crippen molar-refractivity contribution >= 4 is 17.3 Å². The summed E-state index contributed by atoms with van der Waals surface area (Å²) >= 11 is 6.13. The van der Waals surface area contributed by atoms with E-state index in [9.17, 15) is 0 Å². The first-order valence-electron chi connectivity index (χ1n) is 7.15. The Kier molecular flexibility index (Phi) is 4.32. The van der Waals surface area contributed by atoms with Crippen LogP contribution in [0.15, 0.2) is 48.5 Å². The van der Waals surface area contributed by atoms with Crippen LogP contribution in [0.25, 0.3) is 0 Å². The van der Waals surface area contributed by atoms with Crippen LogP contribution in [0.1, 0.15) is 11.6 Å². The van der Waals surface area contributed by atoms with E-state index < -0.39 is 0 Å². The molecule has 2 aromatic carbocycles. The Morgan fingerprint density at radius 3 is 2.76 bits per heavy atom. The fourth-order valence-electron chi connectivity index (χ4n) is 2.81. The van der Waals surface area contributed by atoms with Crippen molar-refractivity contribution in [3.63, 3.8) is 0 Å². The minimum atomic E-state index is 0.325. The molecule has 1 heterocycles. The van der Waals surface area contributed by atoms with Gasteiger partial charge in [-0.25, -0.2) is 0 Å². The number of hydrogen-bond acceptors (Lipinski definition) is 3. The van der Waals surface area contributed by atoms with E-state index in [1.54, 1.807) is 7.11 Å². The van der Waals surface area contributed by atoms with Crippen LogP contribution in [0, 0.1) is 0 Å². The molecule has 0 bridgehead atoms. The van der Waals surface area contributed by atoms with Gasteiger partial charge >= 0.3 is 0 Å². The quantitative estimate of drug-likeness (QED) is 0.939. The van der Waals surface area contributed by atoms with Crippen LogP contribution in [0.2, 0.25) is 5.02 Å². The number of benzene rings is 2. The molecule has 0 radical (unpaired) electrons. The summed E-state index contributed by atoms with van der Waals surface area (Å²) in [5.41, 5.74) is 2.46. The number of nitrogens with one attached hydrogen (secondary N) is 1. The highest BCUT2D eigenvalue weighted by atomic mass is 35.5. The molecule has 1 atom stereocenters. The van der Waals surface area contributed by atoms with E-state index in [0.717, 1.165) is 31.1 Å². The van der Waals surface area contributed by atoms with Gasteiger partial charge in [0.05, 0.1) is 18.2 Å². The number of ether oxygens (including phenoxy) is 1. The second-order valence-electron chi connectivity index (χ2n) is 5.14. The summed E-state index contributed by atoms with van der Waals surface area (Å²) in [5, 5.41) is 4.12. The molecule has 0 spiro atoms. The van der Waals surface area contributed by atoms with Gasteiger partial charge in [-0.1, -0.05) is 41.9 Å². The molecule has 1 aliphatic rings. The fraction of sp³-hybridized carbons (Fsp3) is 0.294.